The smallest absolute Gasteiger partial charge is 0.307 e. The number of carbonyl (C=O) groups excluding carboxylic acids is 1. The van der Waals surface area contributed by atoms with Crippen LogP contribution in [0.5, 0.6) is 5.75 Å². The van der Waals surface area contributed by atoms with Gasteiger partial charge in [0.1, 0.15) is 11.4 Å². The lowest BCUT2D eigenvalue weighted by Crippen LogP contribution is -2.40. The van der Waals surface area contributed by atoms with Gasteiger partial charge in [-0.3, -0.25) is 9.69 Å². The lowest BCUT2D eigenvalue weighted by atomic mass is 9.96. The van der Waals surface area contributed by atoms with E-state index in [1.807, 2.05) is 20.8 Å². The average Bonchev–Trinajstić information content (AvgIpc) is 3.07. The number of carbonyl (C=O) groups is 1. The van der Waals surface area contributed by atoms with Gasteiger partial charge in [-0.1, -0.05) is 130 Å². The van der Waals surface area contributed by atoms with E-state index < -0.39 is 5.60 Å². The Kier molecular flexibility index (Phi) is 14.1. The lowest BCUT2D eigenvalue weighted by Gasteiger charge is -2.37. The van der Waals surface area contributed by atoms with E-state index in [2.05, 4.69) is 128 Å². The SMILES string of the molecule is CCCCCCCOc1ccc(-c2ccc(CC[C@H](CC(=O)OC(C)(C)C)N(Cc3ccccc3)[C@H](C)c3ccccc3)cc2)cc1. The summed E-state index contributed by atoms with van der Waals surface area (Å²) in [6, 6.07) is 38.6. The highest BCUT2D eigenvalue weighted by Crippen LogP contribution is 2.30. The monoisotopic (exact) mass is 633 g/mol. The van der Waals surface area contributed by atoms with Gasteiger partial charge in [-0.15, -0.1) is 0 Å². The van der Waals surface area contributed by atoms with Crippen LogP contribution in [0.2, 0.25) is 0 Å². The standard InChI is InChI=1S/C43H55NO3/c1-6-7-8-9-16-31-46-41-29-26-39(27-30-41)38-24-21-35(22-25-38)23-28-40(32-42(45)47-43(3,4)5)44(33-36-17-12-10-13-18-36)34(2)37-19-14-11-15-20-37/h10-15,17-22,24-27,29-30,34,40H,6-9,16,23,28,31-33H2,1-5H3/t34-,40-/m1/s1. The van der Waals surface area contributed by atoms with Crippen molar-refractivity contribution in [1.29, 1.82) is 0 Å². The fourth-order valence-corrected chi connectivity index (χ4v) is 6.10. The average molecular weight is 634 g/mol. The Morgan fingerprint density at radius 1 is 0.723 bits per heavy atom. The lowest BCUT2D eigenvalue weighted by molar-refractivity contribution is -0.156. The van der Waals surface area contributed by atoms with E-state index in [0.29, 0.717) is 6.42 Å². The van der Waals surface area contributed by atoms with Crippen molar-refractivity contribution in [2.75, 3.05) is 6.61 Å². The van der Waals surface area contributed by atoms with Crippen molar-refractivity contribution in [3.05, 3.63) is 126 Å². The van der Waals surface area contributed by atoms with Crippen molar-refractivity contribution in [3.8, 4) is 16.9 Å². The molecule has 4 heteroatoms. The highest BCUT2D eigenvalue weighted by Gasteiger charge is 2.29. The van der Waals surface area contributed by atoms with Crippen LogP contribution in [0, 0.1) is 0 Å². The van der Waals surface area contributed by atoms with E-state index in [1.165, 1.54) is 53.5 Å². The molecule has 0 aliphatic heterocycles. The van der Waals surface area contributed by atoms with Crippen LogP contribution in [-0.2, 0) is 22.5 Å². The number of aryl methyl sites for hydroxylation is 1. The summed E-state index contributed by atoms with van der Waals surface area (Å²) in [4.78, 5) is 15.8. The number of esters is 1. The van der Waals surface area contributed by atoms with Crippen LogP contribution in [0.4, 0.5) is 0 Å². The van der Waals surface area contributed by atoms with Gasteiger partial charge < -0.3 is 9.47 Å². The molecule has 0 spiro atoms. The summed E-state index contributed by atoms with van der Waals surface area (Å²) in [5.41, 5.74) is 5.58. The molecule has 0 aliphatic rings. The molecular weight excluding hydrogens is 578 g/mol. The fourth-order valence-electron chi connectivity index (χ4n) is 6.10. The molecule has 0 aromatic heterocycles. The maximum Gasteiger partial charge on any atom is 0.307 e. The van der Waals surface area contributed by atoms with Gasteiger partial charge >= 0.3 is 5.97 Å². The number of benzene rings is 4. The Balaban J connectivity index is 1.46. The van der Waals surface area contributed by atoms with Gasteiger partial charge in [-0.05, 0) is 86.9 Å². The minimum absolute atomic E-state index is 0.000808. The third-order valence-electron chi connectivity index (χ3n) is 8.70. The van der Waals surface area contributed by atoms with Gasteiger partial charge in [-0.2, -0.15) is 0 Å². The Morgan fingerprint density at radius 3 is 1.94 bits per heavy atom. The highest BCUT2D eigenvalue weighted by atomic mass is 16.6. The van der Waals surface area contributed by atoms with Gasteiger partial charge in [-0.25, -0.2) is 0 Å². The van der Waals surface area contributed by atoms with Crippen molar-refractivity contribution in [1.82, 2.24) is 4.90 Å². The van der Waals surface area contributed by atoms with Gasteiger partial charge in [0.15, 0.2) is 0 Å². The zero-order valence-electron chi connectivity index (χ0n) is 29.3. The molecule has 4 aromatic rings. The largest absolute Gasteiger partial charge is 0.494 e. The summed E-state index contributed by atoms with van der Waals surface area (Å²) >= 11 is 0. The first-order valence-electron chi connectivity index (χ1n) is 17.6. The summed E-state index contributed by atoms with van der Waals surface area (Å²) < 4.78 is 11.8. The topological polar surface area (TPSA) is 38.8 Å². The molecule has 0 saturated carbocycles. The zero-order chi connectivity index (χ0) is 33.5. The molecule has 4 aromatic carbocycles. The molecule has 0 radical (unpaired) electrons. The Morgan fingerprint density at radius 2 is 1.32 bits per heavy atom. The van der Waals surface area contributed by atoms with Crippen molar-refractivity contribution in [2.45, 2.75) is 110 Å². The number of hydrogen-bond acceptors (Lipinski definition) is 4. The maximum absolute atomic E-state index is 13.3. The van der Waals surface area contributed by atoms with Crippen LogP contribution in [0.25, 0.3) is 11.1 Å². The van der Waals surface area contributed by atoms with Crippen molar-refractivity contribution >= 4 is 5.97 Å². The first-order valence-corrected chi connectivity index (χ1v) is 17.6. The van der Waals surface area contributed by atoms with E-state index in [9.17, 15) is 4.79 Å². The van der Waals surface area contributed by atoms with Crippen LogP contribution in [0.15, 0.2) is 109 Å². The predicted octanol–water partition coefficient (Wildman–Crippen LogP) is 11.0. The Bertz CT molecular complexity index is 1440. The normalized spacial score (nSPS) is 12.9. The molecular formula is C43H55NO3. The number of hydrogen-bond donors (Lipinski definition) is 0. The molecule has 2 atom stereocenters. The fraction of sp³-hybridized carbons (Fsp3) is 0.419. The summed E-state index contributed by atoms with van der Waals surface area (Å²) in [6.45, 7) is 11.8. The molecule has 0 fully saturated rings. The number of rotatable bonds is 18. The number of nitrogens with zero attached hydrogens (tertiary/aromatic N) is 1. The summed E-state index contributed by atoms with van der Waals surface area (Å²) in [5.74, 6) is 0.779. The third-order valence-corrected chi connectivity index (χ3v) is 8.70. The van der Waals surface area contributed by atoms with Crippen LogP contribution < -0.4 is 4.74 Å². The molecule has 4 rings (SSSR count). The summed E-state index contributed by atoms with van der Waals surface area (Å²) in [5, 5.41) is 0. The van der Waals surface area contributed by atoms with Crippen LogP contribution in [0.3, 0.4) is 0 Å². The number of unbranched alkanes of at least 4 members (excludes halogenated alkanes) is 4. The second-order valence-corrected chi connectivity index (χ2v) is 13.7. The Hall–Kier alpha value is -3.89. The molecule has 0 aliphatic carbocycles. The minimum Gasteiger partial charge on any atom is -0.494 e. The molecule has 0 heterocycles. The molecule has 0 amide bonds. The van der Waals surface area contributed by atoms with Gasteiger partial charge in [0.05, 0.1) is 13.0 Å². The van der Waals surface area contributed by atoms with Gasteiger partial charge in [0.2, 0.25) is 0 Å². The van der Waals surface area contributed by atoms with Crippen molar-refractivity contribution in [2.24, 2.45) is 0 Å². The minimum atomic E-state index is -0.522. The maximum atomic E-state index is 13.3. The van der Waals surface area contributed by atoms with Crippen LogP contribution in [-0.4, -0.2) is 29.1 Å². The van der Waals surface area contributed by atoms with E-state index in [-0.39, 0.29) is 18.1 Å². The molecule has 4 nitrogen and oxygen atoms in total. The molecule has 47 heavy (non-hydrogen) atoms. The molecule has 0 N–H and O–H groups in total. The number of ether oxygens (including phenoxy) is 2. The second-order valence-electron chi connectivity index (χ2n) is 13.7. The molecule has 0 saturated heterocycles. The van der Waals surface area contributed by atoms with E-state index in [1.54, 1.807) is 0 Å². The summed E-state index contributed by atoms with van der Waals surface area (Å²) in [6.07, 6.45) is 8.25. The quantitative estimate of drug-likeness (QED) is 0.0807. The van der Waals surface area contributed by atoms with Crippen molar-refractivity contribution < 1.29 is 14.3 Å². The van der Waals surface area contributed by atoms with E-state index in [0.717, 1.165) is 38.2 Å². The third kappa shape index (κ3) is 12.3. The van der Waals surface area contributed by atoms with Crippen LogP contribution >= 0.6 is 0 Å². The molecule has 250 valence electrons. The summed E-state index contributed by atoms with van der Waals surface area (Å²) in [7, 11) is 0. The Labute approximate surface area is 284 Å². The van der Waals surface area contributed by atoms with E-state index >= 15 is 0 Å². The second kappa shape index (κ2) is 18.4. The first-order chi connectivity index (χ1) is 22.7. The van der Waals surface area contributed by atoms with E-state index in [4.69, 9.17) is 9.47 Å². The van der Waals surface area contributed by atoms with Crippen LogP contribution in [0.1, 0.15) is 102 Å². The molecule has 0 bridgehead atoms. The van der Waals surface area contributed by atoms with Crippen molar-refractivity contribution in [3.63, 3.8) is 0 Å². The predicted molar refractivity (Wildman–Crippen MR) is 196 cm³/mol. The first kappa shape index (κ1) is 36.0. The van der Waals surface area contributed by atoms with Gasteiger partial charge in [0.25, 0.3) is 0 Å². The highest BCUT2D eigenvalue weighted by molar-refractivity contribution is 5.70. The molecule has 0 unspecified atom stereocenters. The zero-order valence-corrected chi connectivity index (χ0v) is 29.3. The van der Waals surface area contributed by atoms with Gasteiger partial charge in [0, 0.05) is 18.6 Å².